The maximum atomic E-state index is 5.81. The smallest absolute Gasteiger partial charge is 0.154 e. The number of ether oxygens (including phenoxy) is 2. The molecule has 0 saturated carbocycles. The molecule has 1 aromatic carbocycles. The molecule has 2 aromatic heterocycles. The predicted octanol–water partition coefficient (Wildman–Crippen LogP) is 2.35. The van der Waals surface area contributed by atoms with Gasteiger partial charge in [-0.05, 0) is 25.1 Å². The zero-order valence-electron chi connectivity index (χ0n) is 18.3. The van der Waals surface area contributed by atoms with Gasteiger partial charge in [-0.3, -0.25) is 0 Å². The Hall–Kier alpha value is -2.46. The number of pyridine rings is 1. The van der Waals surface area contributed by atoms with Crippen molar-refractivity contribution in [1.29, 1.82) is 0 Å². The molecule has 2 N–H and O–H groups in total. The normalized spacial score (nSPS) is 18.9. The zero-order chi connectivity index (χ0) is 21.0. The lowest BCUT2D eigenvalue weighted by molar-refractivity contribution is 0.0372. The Morgan fingerprint density at radius 1 is 1.12 bits per heavy atom. The van der Waals surface area contributed by atoms with E-state index >= 15 is 0 Å². The van der Waals surface area contributed by atoms with E-state index in [1.54, 1.807) is 6.20 Å². The van der Waals surface area contributed by atoms with Crippen LogP contribution in [0.25, 0.3) is 22.3 Å². The van der Waals surface area contributed by atoms with Crippen molar-refractivity contribution in [2.75, 3.05) is 62.8 Å². The number of fused-ring (bicyclic) bond motifs is 1. The van der Waals surface area contributed by atoms with Crippen LogP contribution in [-0.4, -0.2) is 73.6 Å². The van der Waals surface area contributed by atoms with E-state index in [1.807, 2.05) is 13.0 Å². The molecular weight excluding hydrogens is 424 g/mol. The van der Waals surface area contributed by atoms with Crippen molar-refractivity contribution in [3.8, 4) is 11.3 Å². The maximum Gasteiger partial charge on any atom is 0.154 e. The van der Waals surface area contributed by atoms with Crippen molar-refractivity contribution in [3.05, 3.63) is 42.2 Å². The SMILES string of the molecule is Cc1cnc2c(NC[C@@H]3CNCCO3)nc(-c3ccc(N4CCOCC4)cc3)cc2n1.S. The van der Waals surface area contributed by atoms with Gasteiger partial charge in [0.25, 0.3) is 0 Å². The summed E-state index contributed by atoms with van der Waals surface area (Å²) in [5, 5.41) is 6.81. The van der Waals surface area contributed by atoms with Crippen molar-refractivity contribution < 1.29 is 9.47 Å². The Morgan fingerprint density at radius 2 is 1.94 bits per heavy atom. The molecule has 0 bridgehead atoms. The third-order valence-electron chi connectivity index (χ3n) is 5.69. The van der Waals surface area contributed by atoms with Gasteiger partial charge in [0.05, 0.1) is 42.8 Å². The molecule has 0 radical (unpaired) electrons. The Balaban J connectivity index is 0.00000245. The number of rotatable bonds is 5. The van der Waals surface area contributed by atoms with E-state index in [0.717, 1.165) is 79.8 Å². The highest BCUT2D eigenvalue weighted by molar-refractivity contribution is 7.59. The van der Waals surface area contributed by atoms with Gasteiger partial charge < -0.3 is 25.0 Å². The van der Waals surface area contributed by atoms with Crippen molar-refractivity contribution >= 4 is 36.0 Å². The van der Waals surface area contributed by atoms with Gasteiger partial charge in [0.2, 0.25) is 0 Å². The lowest BCUT2D eigenvalue weighted by atomic mass is 10.1. The van der Waals surface area contributed by atoms with E-state index in [9.17, 15) is 0 Å². The molecule has 0 aliphatic carbocycles. The van der Waals surface area contributed by atoms with Crippen molar-refractivity contribution in [3.63, 3.8) is 0 Å². The first-order valence-electron chi connectivity index (χ1n) is 10.9. The van der Waals surface area contributed by atoms with Crippen LogP contribution in [0.2, 0.25) is 0 Å². The number of nitrogens with one attached hydrogen (secondary N) is 2. The topological polar surface area (TPSA) is 84.4 Å². The number of hydrogen-bond donors (Lipinski definition) is 2. The van der Waals surface area contributed by atoms with Crippen molar-refractivity contribution in [2.24, 2.45) is 0 Å². The molecule has 8 nitrogen and oxygen atoms in total. The third-order valence-corrected chi connectivity index (χ3v) is 5.69. The highest BCUT2D eigenvalue weighted by Crippen LogP contribution is 2.28. The molecule has 2 aliphatic rings. The van der Waals surface area contributed by atoms with Crippen LogP contribution in [0, 0.1) is 6.92 Å². The summed E-state index contributed by atoms with van der Waals surface area (Å²) >= 11 is 0. The summed E-state index contributed by atoms with van der Waals surface area (Å²) in [5.74, 6) is 0.742. The fourth-order valence-electron chi connectivity index (χ4n) is 4.01. The minimum Gasteiger partial charge on any atom is -0.378 e. The molecule has 2 saturated heterocycles. The highest BCUT2D eigenvalue weighted by Gasteiger charge is 2.16. The molecule has 2 fully saturated rings. The summed E-state index contributed by atoms with van der Waals surface area (Å²) in [4.78, 5) is 16.5. The molecule has 32 heavy (non-hydrogen) atoms. The fraction of sp³-hybridized carbons (Fsp3) is 0.435. The number of aryl methyl sites for hydroxylation is 1. The summed E-state index contributed by atoms with van der Waals surface area (Å²) in [6, 6.07) is 10.6. The minimum absolute atomic E-state index is 0. The first-order valence-corrected chi connectivity index (χ1v) is 10.9. The quantitative estimate of drug-likeness (QED) is 0.608. The number of benzene rings is 1. The van der Waals surface area contributed by atoms with Gasteiger partial charge >= 0.3 is 0 Å². The average molecular weight is 455 g/mol. The number of morpholine rings is 2. The molecule has 2 aliphatic heterocycles. The van der Waals surface area contributed by atoms with Crippen LogP contribution in [0.4, 0.5) is 11.5 Å². The van der Waals surface area contributed by atoms with Gasteiger partial charge in [-0.1, -0.05) is 12.1 Å². The summed E-state index contributed by atoms with van der Waals surface area (Å²) < 4.78 is 11.3. The van der Waals surface area contributed by atoms with Gasteiger partial charge in [-0.15, -0.1) is 0 Å². The molecular formula is C23H30N6O2S. The largest absolute Gasteiger partial charge is 0.378 e. The van der Waals surface area contributed by atoms with Gasteiger partial charge in [-0.2, -0.15) is 13.5 Å². The standard InChI is InChI=1S/C23H28N6O2.H2S/c1-16-13-25-22-21(27-16)12-20(28-23(22)26-15-19-14-24-6-9-31-19)17-2-4-18(5-3-17)29-7-10-30-11-8-29;/h2-5,12-13,19,24H,6-11,14-15H2,1H3,(H,26,28);1H2/t19-;/m0./s1. The van der Waals surface area contributed by atoms with Crippen LogP contribution >= 0.6 is 13.5 Å². The minimum atomic E-state index is 0. The van der Waals surface area contributed by atoms with Crippen LogP contribution < -0.4 is 15.5 Å². The molecule has 0 unspecified atom stereocenters. The van der Waals surface area contributed by atoms with E-state index in [2.05, 4.69) is 44.8 Å². The van der Waals surface area contributed by atoms with Gasteiger partial charge in [0, 0.05) is 50.2 Å². The number of hydrogen-bond acceptors (Lipinski definition) is 8. The average Bonchev–Trinajstić information content (AvgIpc) is 2.83. The van der Waals surface area contributed by atoms with E-state index in [4.69, 9.17) is 19.4 Å². The van der Waals surface area contributed by atoms with Crippen LogP contribution in [-0.2, 0) is 9.47 Å². The number of anilines is 2. The second-order valence-corrected chi connectivity index (χ2v) is 7.96. The number of aromatic nitrogens is 3. The molecule has 5 rings (SSSR count). The van der Waals surface area contributed by atoms with E-state index in [1.165, 1.54) is 5.69 Å². The molecule has 0 spiro atoms. The Morgan fingerprint density at radius 3 is 2.69 bits per heavy atom. The maximum absolute atomic E-state index is 5.81. The molecule has 3 aromatic rings. The lowest BCUT2D eigenvalue weighted by Gasteiger charge is -2.28. The molecule has 9 heteroatoms. The molecule has 1 atom stereocenters. The molecule has 170 valence electrons. The monoisotopic (exact) mass is 454 g/mol. The molecule has 4 heterocycles. The van der Waals surface area contributed by atoms with E-state index in [-0.39, 0.29) is 19.6 Å². The van der Waals surface area contributed by atoms with Crippen LogP contribution in [0.1, 0.15) is 5.69 Å². The van der Waals surface area contributed by atoms with Gasteiger partial charge in [-0.25, -0.2) is 15.0 Å². The van der Waals surface area contributed by atoms with Crippen molar-refractivity contribution in [2.45, 2.75) is 13.0 Å². The predicted molar refractivity (Wildman–Crippen MR) is 132 cm³/mol. The first-order chi connectivity index (χ1) is 15.3. The Bertz CT molecular complexity index is 1040. The second-order valence-electron chi connectivity index (χ2n) is 7.96. The van der Waals surface area contributed by atoms with Gasteiger partial charge in [0.1, 0.15) is 5.52 Å². The van der Waals surface area contributed by atoms with E-state index < -0.39 is 0 Å². The first kappa shape index (κ1) is 22.7. The summed E-state index contributed by atoms with van der Waals surface area (Å²) in [5.41, 5.74) is 5.66. The van der Waals surface area contributed by atoms with E-state index in [0.29, 0.717) is 6.54 Å². The zero-order valence-corrected chi connectivity index (χ0v) is 19.3. The number of nitrogens with zero attached hydrogens (tertiary/aromatic N) is 4. The third kappa shape index (κ3) is 5.12. The Labute approximate surface area is 195 Å². The van der Waals surface area contributed by atoms with Crippen molar-refractivity contribution in [1.82, 2.24) is 20.3 Å². The lowest BCUT2D eigenvalue weighted by Crippen LogP contribution is -2.42. The second kappa shape index (κ2) is 10.4. The fourth-order valence-corrected chi connectivity index (χ4v) is 4.01. The van der Waals surface area contributed by atoms with Crippen LogP contribution in [0.5, 0.6) is 0 Å². The molecule has 0 amide bonds. The highest BCUT2D eigenvalue weighted by atomic mass is 32.1. The van der Waals surface area contributed by atoms with Crippen LogP contribution in [0.15, 0.2) is 36.5 Å². The summed E-state index contributed by atoms with van der Waals surface area (Å²) in [7, 11) is 0. The van der Waals surface area contributed by atoms with Gasteiger partial charge in [0.15, 0.2) is 5.82 Å². The van der Waals surface area contributed by atoms with Crippen LogP contribution in [0.3, 0.4) is 0 Å². The summed E-state index contributed by atoms with van der Waals surface area (Å²) in [6.07, 6.45) is 1.89. The summed E-state index contributed by atoms with van der Waals surface area (Å²) in [6.45, 7) is 8.50. The Kier molecular flexibility index (Phi) is 7.41.